The molecule has 0 fully saturated rings. The number of amides is 1. The minimum atomic E-state index is -0.0416. The molecular formula is C18H21NO2S. The number of carbonyl (C=O) groups excluding carboxylic acids is 1. The maximum atomic E-state index is 12.1. The summed E-state index contributed by atoms with van der Waals surface area (Å²) < 4.78 is 0. The Balaban J connectivity index is 1.81. The zero-order chi connectivity index (χ0) is 15.8. The van der Waals surface area contributed by atoms with Crippen molar-refractivity contribution in [1.29, 1.82) is 0 Å². The molecule has 0 atom stereocenters. The van der Waals surface area contributed by atoms with E-state index in [-0.39, 0.29) is 12.5 Å². The molecule has 0 aromatic heterocycles. The average molecular weight is 315 g/mol. The second-order valence-corrected chi connectivity index (χ2v) is 6.28. The van der Waals surface area contributed by atoms with Gasteiger partial charge in [-0.1, -0.05) is 31.2 Å². The average Bonchev–Trinajstić information content (AvgIpc) is 2.56. The molecule has 1 amide bonds. The van der Waals surface area contributed by atoms with Crippen molar-refractivity contribution in [2.24, 2.45) is 0 Å². The van der Waals surface area contributed by atoms with Crippen LogP contribution in [-0.4, -0.2) is 23.3 Å². The van der Waals surface area contributed by atoms with Crippen molar-refractivity contribution in [3.8, 4) is 0 Å². The van der Waals surface area contributed by atoms with Gasteiger partial charge >= 0.3 is 0 Å². The molecule has 0 saturated heterocycles. The van der Waals surface area contributed by atoms with E-state index in [1.807, 2.05) is 48.5 Å². The third-order valence-corrected chi connectivity index (χ3v) is 4.23. The van der Waals surface area contributed by atoms with Crippen LogP contribution in [0.25, 0.3) is 0 Å². The van der Waals surface area contributed by atoms with E-state index in [2.05, 4.69) is 12.2 Å². The predicted octanol–water partition coefficient (Wildman–Crippen LogP) is 3.26. The van der Waals surface area contributed by atoms with Crippen LogP contribution in [0.4, 0.5) is 0 Å². The largest absolute Gasteiger partial charge is 0.392 e. The third-order valence-electron chi connectivity index (χ3n) is 3.33. The molecule has 0 aliphatic heterocycles. The zero-order valence-corrected chi connectivity index (χ0v) is 13.5. The molecule has 116 valence electrons. The number of aliphatic hydroxyl groups excluding tert-OH is 1. The summed E-state index contributed by atoms with van der Waals surface area (Å²) in [4.78, 5) is 13.2. The fraction of sp³-hybridized carbons (Fsp3) is 0.278. The molecule has 0 aliphatic rings. The Kier molecular flexibility index (Phi) is 6.49. The molecule has 3 nitrogen and oxygen atoms in total. The summed E-state index contributed by atoms with van der Waals surface area (Å²) in [6.45, 7) is 2.77. The van der Waals surface area contributed by atoms with Crippen molar-refractivity contribution >= 4 is 17.7 Å². The molecule has 0 spiro atoms. The lowest BCUT2D eigenvalue weighted by Crippen LogP contribution is -2.25. The molecule has 0 heterocycles. The van der Waals surface area contributed by atoms with Crippen LogP contribution in [0, 0.1) is 0 Å². The first-order valence-corrected chi connectivity index (χ1v) is 8.41. The molecule has 2 aromatic rings. The van der Waals surface area contributed by atoms with Crippen LogP contribution >= 0.6 is 11.8 Å². The van der Waals surface area contributed by atoms with Crippen LogP contribution in [0.5, 0.6) is 0 Å². The fourth-order valence-electron chi connectivity index (χ4n) is 2.10. The summed E-state index contributed by atoms with van der Waals surface area (Å²) in [7, 11) is 0. The number of aliphatic hydroxyl groups is 1. The van der Waals surface area contributed by atoms with Gasteiger partial charge in [-0.05, 0) is 47.6 Å². The first-order chi connectivity index (χ1) is 10.7. The van der Waals surface area contributed by atoms with Gasteiger partial charge < -0.3 is 10.4 Å². The van der Waals surface area contributed by atoms with E-state index < -0.39 is 0 Å². The van der Waals surface area contributed by atoms with E-state index in [1.165, 1.54) is 4.90 Å². The minimum absolute atomic E-state index is 0.0416. The van der Waals surface area contributed by atoms with Crippen molar-refractivity contribution in [2.75, 3.05) is 12.3 Å². The number of hydrogen-bond donors (Lipinski definition) is 2. The summed E-state index contributed by atoms with van der Waals surface area (Å²) in [5.74, 6) is 0.987. The molecule has 0 unspecified atom stereocenters. The molecular weight excluding hydrogens is 294 g/mol. The zero-order valence-electron chi connectivity index (χ0n) is 12.7. The van der Waals surface area contributed by atoms with Gasteiger partial charge in [0.25, 0.3) is 5.91 Å². The quantitative estimate of drug-likeness (QED) is 0.771. The maximum absolute atomic E-state index is 12.1. The molecule has 22 heavy (non-hydrogen) atoms. The fourth-order valence-corrected chi connectivity index (χ4v) is 2.76. The molecule has 0 radical (unpaired) electrons. The van der Waals surface area contributed by atoms with E-state index in [0.717, 1.165) is 23.3 Å². The smallest absolute Gasteiger partial charge is 0.251 e. The van der Waals surface area contributed by atoms with Gasteiger partial charge in [0.15, 0.2) is 0 Å². The minimum Gasteiger partial charge on any atom is -0.392 e. The SMILES string of the molecule is CCSc1ccc(C(=O)NCCc2ccc(CO)cc2)cc1. The second-order valence-electron chi connectivity index (χ2n) is 4.94. The number of hydrogen-bond acceptors (Lipinski definition) is 3. The monoisotopic (exact) mass is 315 g/mol. The standard InChI is InChI=1S/C18H21NO2S/c1-2-22-17-9-7-16(8-10-17)18(21)19-12-11-14-3-5-15(13-20)6-4-14/h3-10,20H,2,11-13H2,1H3,(H,19,21). The van der Waals surface area contributed by atoms with Crippen LogP contribution < -0.4 is 5.32 Å². The van der Waals surface area contributed by atoms with Crippen LogP contribution in [-0.2, 0) is 13.0 Å². The van der Waals surface area contributed by atoms with E-state index in [4.69, 9.17) is 5.11 Å². The summed E-state index contributed by atoms with van der Waals surface area (Å²) in [6.07, 6.45) is 0.779. The molecule has 0 bridgehead atoms. The summed E-state index contributed by atoms with van der Waals surface area (Å²) in [5, 5.41) is 11.9. The van der Waals surface area contributed by atoms with Crippen molar-refractivity contribution in [2.45, 2.75) is 24.8 Å². The van der Waals surface area contributed by atoms with Crippen LogP contribution in [0.1, 0.15) is 28.4 Å². The van der Waals surface area contributed by atoms with Crippen molar-refractivity contribution in [3.05, 3.63) is 65.2 Å². The topological polar surface area (TPSA) is 49.3 Å². The first-order valence-electron chi connectivity index (χ1n) is 7.42. The lowest BCUT2D eigenvalue weighted by atomic mass is 10.1. The Hall–Kier alpha value is -1.78. The van der Waals surface area contributed by atoms with Crippen LogP contribution in [0.3, 0.4) is 0 Å². The molecule has 0 saturated carbocycles. The Bertz CT molecular complexity index is 593. The van der Waals surface area contributed by atoms with E-state index in [9.17, 15) is 4.79 Å². The molecule has 2 rings (SSSR count). The van der Waals surface area contributed by atoms with Crippen LogP contribution in [0.15, 0.2) is 53.4 Å². The highest BCUT2D eigenvalue weighted by Gasteiger charge is 2.05. The highest BCUT2D eigenvalue weighted by Crippen LogP contribution is 2.17. The Morgan fingerprint density at radius 3 is 2.27 bits per heavy atom. The van der Waals surface area contributed by atoms with E-state index in [0.29, 0.717) is 12.1 Å². The lowest BCUT2D eigenvalue weighted by Gasteiger charge is -2.07. The normalized spacial score (nSPS) is 10.5. The third kappa shape index (κ3) is 4.90. The van der Waals surface area contributed by atoms with Gasteiger partial charge in [-0.3, -0.25) is 4.79 Å². The van der Waals surface area contributed by atoms with Gasteiger partial charge in [-0.25, -0.2) is 0 Å². The van der Waals surface area contributed by atoms with E-state index >= 15 is 0 Å². The van der Waals surface area contributed by atoms with Gasteiger partial charge in [-0.15, -0.1) is 11.8 Å². The van der Waals surface area contributed by atoms with Gasteiger partial charge in [0, 0.05) is 17.0 Å². The lowest BCUT2D eigenvalue weighted by molar-refractivity contribution is 0.0954. The number of thioether (sulfide) groups is 1. The van der Waals surface area contributed by atoms with Crippen molar-refractivity contribution in [3.63, 3.8) is 0 Å². The van der Waals surface area contributed by atoms with Crippen molar-refractivity contribution < 1.29 is 9.90 Å². The number of rotatable bonds is 7. The number of nitrogens with one attached hydrogen (secondary N) is 1. The molecule has 2 N–H and O–H groups in total. The van der Waals surface area contributed by atoms with Gasteiger partial charge in [-0.2, -0.15) is 0 Å². The number of benzene rings is 2. The Morgan fingerprint density at radius 2 is 1.68 bits per heavy atom. The predicted molar refractivity (Wildman–Crippen MR) is 91.2 cm³/mol. The van der Waals surface area contributed by atoms with E-state index in [1.54, 1.807) is 11.8 Å². The first kappa shape index (κ1) is 16.6. The van der Waals surface area contributed by atoms with Crippen LogP contribution in [0.2, 0.25) is 0 Å². The molecule has 2 aromatic carbocycles. The second kappa shape index (κ2) is 8.61. The van der Waals surface area contributed by atoms with Crippen molar-refractivity contribution in [1.82, 2.24) is 5.32 Å². The van der Waals surface area contributed by atoms with Gasteiger partial charge in [0.05, 0.1) is 6.61 Å². The maximum Gasteiger partial charge on any atom is 0.251 e. The van der Waals surface area contributed by atoms with Gasteiger partial charge in [0.1, 0.15) is 0 Å². The highest BCUT2D eigenvalue weighted by molar-refractivity contribution is 7.99. The Labute approximate surface area is 135 Å². The summed E-state index contributed by atoms with van der Waals surface area (Å²) in [5.41, 5.74) is 2.74. The molecule has 4 heteroatoms. The molecule has 0 aliphatic carbocycles. The van der Waals surface area contributed by atoms with Gasteiger partial charge in [0.2, 0.25) is 0 Å². The number of carbonyl (C=O) groups is 1. The summed E-state index contributed by atoms with van der Waals surface area (Å²) >= 11 is 1.76. The Morgan fingerprint density at radius 1 is 1.05 bits per heavy atom. The highest BCUT2D eigenvalue weighted by atomic mass is 32.2. The summed E-state index contributed by atoms with van der Waals surface area (Å²) in [6, 6.07) is 15.5.